The Hall–Kier alpha value is -1.20. The van der Waals surface area contributed by atoms with Crippen molar-refractivity contribution in [2.45, 2.75) is 19.9 Å². The zero-order chi connectivity index (χ0) is 11.4. The second-order valence-electron chi connectivity index (χ2n) is 3.82. The molecule has 0 aliphatic rings. The van der Waals surface area contributed by atoms with Gasteiger partial charge in [0.15, 0.2) is 0 Å². The minimum Gasteiger partial charge on any atom is -0.311 e. The van der Waals surface area contributed by atoms with Crippen molar-refractivity contribution in [3.63, 3.8) is 0 Å². The normalized spacial score (nSPS) is 10.9. The van der Waals surface area contributed by atoms with Crippen molar-refractivity contribution in [1.82, 2.24) is 20.1 Å². The van der Waals surface area contributed by atoms with Crippen molar-refractivity contribution in [3.8, 4) is 0 Å². The number of aryl methyl sites for hydroxylation is 2. The number of nitrogens with zero attached hydrogens (tertiary/aromatic N) is 3. The van der Waals surface area contributed by atoms with Crippen molar-refractivity contribution in [1.29, 1.82) is 0 Å². The van der Waals surface area contributed by atoms with Crippen LogP contribution in [0.5, 0.6) is 0 Å². The van der Waals surface area contributed by atoms with Gasteiger partial charge >= 0.3 is 0 Å². The van der Waals surface area contributed by atoms with E-state index in [1.54, 1.807) is 11.3 Å². The van der Waals surface area contributed by atoms with Gasteiger partial charge in [-0.2, -0.15) is 5.10 Å². The summed E-state index contributed by atoms with van der Waals surface area (Å²) in [5, 5.41) is 9.77. The molecule has 4 nitrogen and oxygen atoms in total. The van der Waals surface area contributed by atoms with Gasteiger partial charge in [-0.1, -0.05) is 0 Å². The molecule has 0 atom stereocenters. The van der Waals surface area contributed by atoms with E-state index < -0.39 is 0 Å². The summed E-state index contributed by atoms with van der Waals surface area (Å²) in [6, 6.07) is 0. The second-order valence-corrected chi connectivity index (χ2v) is 4.54. The maximum Gasteiger partial charge on any atom is 0.0795 e. The average Bonchev–Trinajstić information content (AvgIpc) is 2.84. The molecule has 0 amide bonds. The standard InChI is InChI=1S/C11H16N4S/c1-9-10(6-15(2)14-9)3-4-12-5-11-7-16-8-13-11/h6-8,12H,3-5H2,1-2H3. The lowest BCUT2D eigenvalue weighted by atomic mass is 10.2. The van der Waals surface area contributed by atoms with Crippen LogP contribution in [0.1, 0.15) is 17.0 Å². The van der Waals surface area contributed by atoms with Crippen LogP contribution in [0, 0.1) is 6.92 Å². The molecule has 5 heteroatoms. The van der Waals surface area contributed by atoms with E-state index in [4.69, 9.17) is 0 Å². The number of hydrogen-bond donors (Lipinski definition) is 1. The summed E-state index contributed by atoms with van der Waals surface area (Å²) in [6.45, 7) is 3.86. The Bertz CT molecular complexity index is 433. The SMILES string of the molecule is Cc1nn(C)cc1CCNCc1cscn1. The average molecular weight is 236 g/mol. The molecule has 2 aromatic rings. The largest absolute Gasteiger partial charge is 0.311 e. The predicted molar refractivity (Wildman–Crippen MR) is 65.5 cm³/mol. The molecule has 0 saturated carbocycles. The molecular formula is C11H16N4S. The monoisotopic (exact) mass is 236 g/mol. The van der Waals surface area contributed by atoms with E-state index in [1.165, 1.54) is 5.56 Å². The van der Waals surface area contributed by atoms with Crippen LogP contribution in [0.25, 0.3) is 0 Å². The number of hydrogen-bond acceptors (Lipinski definition) is 4. The number of aromatic nitrogens is 3. The van der Waals surface area contributed by atoms with Crippen molar-refractivity contribution in [2.24, 2.45) is 7.05 Å². The molecule has 0 bridgehead atoms. The molecule has 16 heavy (non-hydrogen) atoms. The third kappa shape index (κ3) is 2.90. The van der Waals surface area contributed by atoms with Crippen LogP contribution in [-0.2, 0) is 20.0 Å². The minimum atomic E-state index is 0.850. The molecule has 0 saturated heterocycles. The Kier molecular flexibility index (Phi) is 3.69. The van der Waals surface area contributed by atoms with E-state index in [9.17, 15) is 0 Å². The van der Waals surface area contributed by atoms with Crippen LogP contribution in [0.2, 0.25) is 0 Å². The highest BCUT2D eigenvalue weighted by atomic mass is 32.1. The summed E-state index contributed by atoms with van der Waals surface area (Å²) in [5.74, 6) is 0. The molecular weight excluding hydrogens is 220 g/mol. The maximum absolute atomic E-state index is 4.32. The number of nitrogens with one attached hydrogen (secondary N) is 1. The fourth-order valence-corrected chi connectivity index (χ4v) is 2.22. The smallest absolute Gasteiger partial charge is 0.0795 e. The summed E-state index contributed by atoms with van der Waals surface area (Å²) in [7, 11) is 1.96. The van der Waals surface area contributed by atoms with E-state index >= 15 is 0 Å². The van der Waals surface area contributed by atoms with Crippen LogP contribution in [0.15, 0.2) is 17.1 Å². The van der Waals surface area contributed by atoms with Crippen LogP contribution in [-0.4, -0.2) is 21.3 Å². The first-order valence-corrected chi connectivity index (χ1v) is 6.27. The van der Waals surface area contributed by atoms with Crippen LogP contribution < -0.4 is 5.32 Å². The second kappa shape index (κ2) is 5.23. The molecule has 0 unspecified atom stereocenters. The van der Waals surface area contributed by atoms with Crippen molar-refractivity contribution in [3.05, 3.63) is 34.0 Å². The number of rotatable bonds is 5. The van der Waals surface area contributed by atoms with Crippen molar-refractivity contribution >= 4 is 11.3 Å². The highest BCUT2D eigenvalue weighted by molar-refractivity contribution is 7.07. The molecule has 2 aromatic heterocycles. The van der Waals surface area contributed by atoms with Crippen molar-refractivity contribution in [2.75, 3.05) is 6.54 Å². The summed E-state index contributed by atoms with van der Waals surface area (Å²) in [4.78, 5) is 4.22. The molecule has 2 rings (SSSR count). The molecule has 0 spiro atoms. The summed E-state index contributed by atoms with van der Waals surface area (Å²) in [6.07, 6.45) is 3.10. The summed E-state index contributed by atoms with van der Waals surface area (Å²) in [5.41, 5.74) is 5.42. The number of thiazole rings is 1. The first-order chi connectivity index (χ1) is 7.75. The van der Waals surface area contributed by atoms with Gasteiger partial charge in [0.25, 0.3) is 0 Å². The third-order valence-corrected chi connectivity index (χ3v) is 3.11. The van der Waals surface area contributed by atoms with E-state index in [0.717, 1.165) is 30.9 Å². The maximum atomic E-state index is 4.32. The fourth-order valence-electron chi connectivity index (χ4n) is 1.66. The van der Waals surface area contributed by atoms with Crippen LogP contribution in [0.3, 0.4) is 0 Å². The molecule has 0 radical (unpaired) electrons. The highest BCUT2D eigenvalue weighted by Gasteiger charge is 2.02. The zero-order valence-electron chi connectivity index (χ0n) is 9.60. The Morgan fingerprint density at radius 3 is 3.00 bits per heavy atom. The Morgan fingerprint density at radius 2 is 2.38 bits per heavy atom. The Labute approximate surface area is 99.3 Å². The van der Waals surface area contributed by atoms with Crippen LogP contribution in [0.4, 0.5) is 0 Å². The minimum absolute atomic E-state index is 0.850. The van der Waals surface area contributed by atoms with E-state index in [1.807, 2.05) is 17.2 Å². The first-order valence-electron chi connectivity index (χ1n) is 5.32. The molecule has 86 valence electrons. The molecule has 0 aromatic carbocycles. The first kappa shape index (κ1) is 11.3. The lowest BCUT2D eigenvalue weighted by Gasteiger charge is -2.01. The van der Waals surface area contributed by atoms with Gasteiger partial charge in [0.2, 0.25) is 0 Å². The Morgan fingerprint density at radius 1 is 1.50 bits per heavy atom. The van der Waals surface area contributed by atoms with Gasteiger partial charge in [0, 0.05) is 25.2 Å². The fraction of sp³-hybridized carbons (Fsp3) is 0.455. The van der Waals surface area contributed by atoms with Crippen LogP contribution >= 0.6 is 11.3 Å². The van der Waals surface area contributed by atoms with Gasteiger partial charge in [-0.05, 0) is 25.5 Å². The molecule has 0 aliphatic heterocycles. The molecule has 0 aliphatic carbocycles. The van der Waals surface area contributed by atoms with Gasteiger partial charge < -0.3 is 5.32 Å². The van der Waals surface area contributed by atoms with E-state index in [0.29, 0.717) is 0 Å². The zero-order valence-corrected chi connectivity index (χ0v) is 10.4. The van der Waals surface area contributed by atoms with E-state index in [-0.39, 0.29) is 0 Å². The lowest BCUT2D eigenvalue weighted by Crippen LogP contribution is -2.16. The van der Waals surface area contributed by atoms with Gasteiger partial charge in [0.05, 0.1) is 16.9 Å². The lowest BCUT2D eigenvalue weighted by molar-refractivity contribution is 0.676. The summed E-state index contributed by atoms with van der Waals surface area (Å²) < 4.78 is 1.87. The topological polar surface area (TPSA) is 42.7 Å². The van der Waals surface area contributed by atoms with E-state index in [2.05, 4.69) is 33.9 Å². The molecule has 1 N–H and O–H groups in total. The molecule has 0 fully saturated rings. The van der Waals surface area contributed by atoms with Crippen molar-refractivity contribution < 1.29 is 0 Å². The van der Waals surface area contributed by atoms with Gasteiger partial charge in [0.1, 0.15) is 0 Å². The highest BCUT2D eigenvalue weighted by Crippen LogP contribution is 2.05. The summed E-state index contributed by atoms with van der Waals surface area (Å²) >= 11 is 1.64. The Balaban J connectivity index is 1.74. The molecule has 2 heterocycles. The quantitative estimate of drug-likeness (QED) is 0.800. The third-order valence-electron chi connectivity index (χ3n) is 2.48. The van der Waals surface area contributed by atoms with Gasteiger partial charge in [-0.15, -0.1) is 11.3 Å². The predicted octanol–water partition coefficient (Wildman–Crippen LogP) is 1.52. The van der Waals surface area contributed by atoms with Gasteiger partial charge in [-0.25, -0.2) is 4.98 Å². The van der Waals surface area contributed by atoms with Gasteiger partial charge in [-0.3, -0.25) is 4.68 Å².